The molecule has 0 saturated heterocycles. The zero-order valence-electron chi connectivity index (χ0n) is 13.4. The molecule has 0 spiro atoms. The number of nitrogens with zero attached hydrogens (tertiary/aromatic N) is 1. The van der Waals surface area contributed by atoms with Crippen molar-refractivity contribution in [3.05, 3.63) is 47.5 Å². The van der Waals surface area contributed by atoms with Crippen LogP contribution in [0.25, 0.3) is 0 Å². The molecule has 1 aliphatic carbocycles. The number of allylic oxidation sites excluding steroid dienone is 1. The summed E-state index contributed by atoms with van der Waals surface area (Å²) in [5, 5.41) is 0. The molecule has 2 unspecified atom stereocenters. The Labute approximate surface area is 131 Å². The van der Waals surface area contributed by atoms with Gasteiger partial charge in [-0.2, -0.15) is 0 Å². The van der Waals surface area contributed by atoms with Gasteiger partial charge in [-0.1, -0.05) is 35.9 Å². The van der Waals surface area contributed by atoms with Crippen LogP contribution in [0.3, 0.4) is 0 Å². The predicted octanol–water partition coefficient (Wildman–Crippen LogP) is 2.41. The topological polar surface area (TPSA) is 46.6 Å². The van der Waals surface area contributed by atoms with Gasteiger partial charge in [-0.25, -0.2) is 0 Å². The minimum atomic E-state index is -0.373. The summed E-state index contributed by atoms with van der Waals surface area (Å²) < 4.78 is 5.42. The van der Waals surface area contributed by atoms with E-state index < -0.39 is 0 Å². The minimum absolute atomic E-state index is 0.0729. The number of benzene rings is 1. The first-order chi connectivity index (χ1) is 10.5. The molecule has 4 heteroatoms. The number of hydrogen-bond donors (Lipinski definition) is 0. The highest BCUT2D eigenvalue weighted by molar-refractivity contribution is 5.95. The monoisotopic (exact) mass is 301 g/mol. The van der Waals surface area contributed by atoms with Gasteiger partial charge in [-0.15, -0.1) is 0 Å². The van der Waals surface area contributed by atoms with Gasteiger partial charge < -0.3 is 9.64 Å². The van der Waals surface area contributed by atoms with Crippen LogP contribution in [0.2, 0.25) is 0 Å². The van der Waals surface area contributed by atoms with Gasteiger partial charge in [0.25, 0.3) is 0 Å². The number of rotatable bonds is 5. The number of likely N-dealkylation sites (N-methyl/N-ethyl adjacent to an activating group) is 1. The number of hydrogen-bond acceptors (Lipinski definition) is 4. The Morgan fingerprint density at radius 2 is 1.95 bits per heavy atom. The molecule has 0 amide bonds. The highest BCUT2D eigenvalue weighted by Gasteiger charge is 2.36. The van der Waals surface area contributed by atoms with E-state index in [1.165, 1.54) is 0 Å². The fourth-order valence-corrected chi connectivity index (χ4v) is 2.83. The molecule has 0 fully saturated rings. The van der Waals surface area contributed by atoms with Crippen LogP contribution >= 0.6 is 0 Å². The van der Waals surface area contributed by atoms with Gasteiger partial charge >= 0.3 is 5.97 Å². The van der Waals surface area contributed by atoms with Crippen LogP contribution in [0.15, 0.2) is 42.0 Å². The van der Waals surface area contributed by atoms with Gasteiger partial charge in [-0.05, 0) is 32.7 Å². The van der Waals surface area contributed by atoms with Crippen LogP contribution in [-0.4, -0.2) is 43.9 Å². The van der Waals surface area contributed by atoms with Crippen LogP contribution in [0.4, 0.5) is 0 Å². The van der Waals surface area contributed by atoms with E-state index in [2.05, 4.69) is 0 Å². The lowest BCUT2D eigenvalue weighted by Gasteiger charge is -2.29. The maximum absolute atomic E-state index is 12.5. The Morgan fingerprint density at radius 1 is 1.27 bits per heavy atom. The molecule has 1 aromatic rings. The Balaban J connectivity index is 2.18. The Hall–Kier alpha value is -1.94. The zero-order chi connectivity index (χ0) is 16.1. The number of esters is 1. The second kappa shape index (κ2) is 7.36. The van der Waals surface area contributed by atoms with E-state index in [9.17, 15) is 9.59 Å². The lowest BCUT2D eigenvalue weighted by Crippen LogP contribution is -2.32. The average Bonchev–Trinajstić information content (AvgIpc) is 2.46. The highest BCUT2D eigenvalue weighted by Crippen LogP contribution is 2.37. The zero-order valence-corrected chi connectivity index (χ0v) is 13.4. The first kappa shape index (κ1) is 16.4. The third kappa shape index (κ3) is 4.04. The van der Waals surface area contributed by atoms with Crippen molar-refractivity contribution < 1.29 is 14.3 Å². The first-order valence-electron chi connectivity index (χ1n) is 7.56. The molecule has 22 heavy (non-hydrogen) atoms. The molecule has 2 rings (SSSR count). The molecule has 1 aliphatic rings. The van der Waals surface area contributed by atoms with Gasteiger partial charge in [0, 0.05) is 18.9 Å². The first-order valence-corrected chi connectivity index (χ1v) is 7.56. The van der Waals surface area contributed by atoms with E-state index >= 15 is 0 Å². The maximum Gasteiger partial charge on any atom is 0.313 e. The molecule has 0 aliphatic heterocycles. The summed E-state index contributed by atoms with van der Waals surface area (Å²) in [7, 11) is 3.87. The molecule has 1 aromatic carbocycles. The van der Waals surface area contributed by atoms with E-state index in [4.69, 9.17) is 4.74 Å². The molecule has 0 N–H and O–H groups in total. The number of carbonyl (C=O) groups excluding carboxylic acids is 2. The molecule has 2 atom stereocenters. The fraction of sp³-hybridized carbons (Fsp3) is 0.444. The maximum atomic E-state index is 12.5. The Kier molecular flexibility index (Phi) is 5.50. The van der Waals surface area contributed by atoms with Gasteiger partial charge in [-0.3, -0.25) is 9.59 Å². The minimum Gasteiger partial charge on any atom is -0.464 e. The van der Waals surface area contributed by atoms with Crippen molar-refractivity contribution >= 4 is 11.8 Å². The summed E-state index contributed by atoms with van der Waals surface area (Å²) >= 11 is 0. The Bertz CT molecular complexity index is 563. The molecule has 0 radical (unpaired) electrons. The summed E-state index contributed by atoms with van der Waals surface area (Å²) in [6.45, 7) is 2.89. The summed E-state index contributed by atoms with van der Waals surface area (Å²) in [6.07, 6.45) is 1.94. The standard InChI is InChI=1S/C18H23NO3/c1-13-11-15(20)12-16(14-7-5-4-6-8-14)17(13)18(21)22-10-9-19(2)3/h4-8,11,16-17H,9-10,12H2,1-3H3. The van der Waals surface area contributed by atoms with Crippen molar-refractivity contribution in [2.45, 2.75) is 19.3 Å². The van der Waals surface area contributed by atoms with E-state index in [-0.39, 0.29) is 23.6 Å². The quantitative estimate of drug-likeness (QED) is 0.784. The molecular weight excluding hydrogens is 278 g/mol. The summed E-state index contributed by atoms with van der Waals surface area (Å²) in [5.74, 6) is -0.673. The number of ether oxygens (including phenoxy) is 1. The van der Waals surface area contributed by atoms with Crippen LogP contribution in [0.1, 0.15) is 24.8 Å². The van der Waals surface area contributed by atoms with Crippen molar-refractivity contribution in [3.63, 3.8) is 0 Å². The van der Waals surface area contributed by atoms with Crippen molar-refractivity contribution in [1.29, 1.82) is 0 Å². The fourth-order valence-electron chi connectivity index (χ4n) is 2.83. The van der Waals surface area contributed by atoms with Gasteiger partial charge in [0.2, 0.25) is 0 Å². The smallest absolute Gasteiger partial charge is 0.313 e. The van der Waals surface area contributed by atoms with E-state index in [1.54, 1.807) is 6.08 Å². The normalized spacial score (nSPS) is 21.6. The highest BCUT2D eigenvalue weighted by atomic mass is 16.5. The third-order valence-corrected chi connectivity index (χ3v) is 3.97. The summed E-state index contributed by atoms with van der Waals surface area (Å²) in [5.41, 5.74) is 1.80. The molecular formula is C18H23NO3. The van der Waals surface area contributed by atoms with Crippen molar-refractivity contribution in [1.82, 2.24) is 4.90 Å². The van der Waals surface area contributed by atoms with Crippen molar-refractivity contribution in [3.8, 4) is 0 Å². The molecule has 0 bridgehead atoms. The molecule has 4 nitrogen and oxygen atoms in total. The second-order valence-electron chi connectivity index (χ2n) is 6.02. The van der Waals surface area contributed by atoms with Crippen LogP contribution in [0.5, 0.6) is 0 Å². The SMILES string of the molecule is CC1=CC(=O)CC(c2ccccc2)C1C(=O)OCCN(C)C. The van der Waals surface area contributed by atoms with E-state index in [0.717, 1.165) is 11.1 Å². The van der Waals surface area contributed by atoms with Gasteiger partial charge in [0.1, 0.15) is 6.61 Å². The Morgan fingerprint density at radius 3 is 2.59 bits per heavy atom. The second-order valence-corrected chi connectivity index (χ2v) is 6.02. The molecule has 118 valence electrons. The van der Waals surface area contributed by atoms with Crippen molar-refractivity contribution in [2.24, 2.45) is 5.92 Å². The number of ketones is 1. The van der Waals surface area contributed by atoms with Gasteiger partial charge in [0.15, 0.2) is 5.78 Å². The molecule has 0 saturated carbocycles. The lowest BCUT2D eigenvalue weighted by molar-refractivity contribution is -0.148. The molecule has 0 heterocycles. The largest absolute Gasteiger partial charge is 0.464 e. The predicted molar refractivity (Wildman–Crippen MR) is 85.6 cm³/mol. The van der Waals surface area contributed by atoms with E-state index in [1.807, 2.05) is 56.3 Å². The third-order valence-electron chi connectivity index (χ3n) is 3.97. The number of carbonyl (C=O) groups is 2. The van der Waals surface area contributed by atoms with Crippen LogP contribution in [-0.2, 0) is 14.3 Å². The van der Waals surface area contributed by atoms with E-state index in [0.29, 0.717) is 19.6 Å². The van der Waals surface area contributed by atoms with Gasteiger partial charge in [0.05, 0.1) is 5.92 Å². The summed E-state index contributed by atoms with van der Waals surface area (Å²) in [6, 6.07) is 9.73. The van der Waals surface area contributed by atoms with Crippen LogP contribution in [0, 0.1) is 5.92 Å². The van der Waals surface area contributed by atoms with Crippen molar-refractivity contribution in [2.75, 3.05) is 27.2 Å². The molecule has 0 aromatic heterocycles. The van der Waals surface area contributed by atoms with Crippen LogP contribution < -0.4 is 0 Å². The average molecular weight is 301 g/mol. The summed E-state index contributed by atoms with van der Waals surface area (Å²) in [4.78, 5) is 26.3. The lowest BCUT2D eigenvalue weighted by atomic mass is 9.75.